The summed E-state index contributed by atoms with van der Waals surface area (Å²) in [5.41, 5.74) is 3.08. The van der Waals surface area contributed by atoms with Crippen molar-refractivity contribution in [2.24, 2.45) is 0 Å². The maximum Gasteiger partial charge on any atom is 0.137 e. The number of phenols is 1. The maximum absolute atomic E-state index is 13.5. The molecule has 0 saturated carbocycles. The number of fused-ring (bicyclic) bond motifs is 2. The molecule has 22 heavy (non-hydrogen) atoms. The van der Waals surface area contributed by atoms with Crippen molar-refractivity contribution in [2.75, 3.05) is 5.32 Å². The molecule has 2 aromatic carbocycles. The van der Waals surface area contributed by atoms with Crippen molar-refractivity contribution in [1.82, 2.24) is 9.97 Å². The molecule has 1 aliphatic rings. The van der Waals surface area contributed by atoms with Gasteiger partial charge in [0.05, 0.1) is 5.52 Å². The molecule has 0 aliphatic heterocycles. The summed E-state index contributed by atoms with van der Waals surface area (Å²) in [6, 6.07) is 10.1. The molecule has 0 saturated heterocycles. The molecule has 1 aromatic heterocycles. The Kier molecular flexibility index (Phi) is 2.92. The largest absolute Gasteiger partial charge is 0.508 e. The lowest BCUT2D eigenvalue weighted by molar-refractivity contribution is 0.474. The van der Waals surface area contributed by atoms with Crippen LogP contribution in [0, 0.1) is 5.82 Å². The normalized spacial score (nSPS) is 16.7. The Balaban J connectivity index is 1.64. The minimum atomic E-state index is -0.301. The summed E-state index contributed by atoms with van der Waals surface area (Å²) in [5.74, 6) is 0.630. The lowest BCUT2D eigenvalue weighted by Crippen LogP contribution is -2.20. The van der Waals surface area contributed by atoms with Crippen molar-refractivity contribution in [1.29, 1.82) is 0 Å². The van der Waals surface area contributed by atoms with Crippen molar-refractivity contribution in [3.05, 3.63) is 59.7 Å². The third-order valence-electron chi connectivity index (χ3n) is 4.06. The molecule has 0 spiro atoms. The van der Waals surface area contributed by atoms with E-state index < -0.39 is 0 Å². The van der Waals surface area contributed by atoms with Crippen LogP contribution in [0.3, 0.4) is 0 Å². The molecular weight excluding hydrogens is 281 g/mol. The number of aromatic hydroxyl groups is 1. The van der Waals surface area contributed by atoms with E-state index in [1.54, 1.807) is 18.2 Å². The van der Waals surface area contributed by atoms with E-state index in [0.29, 0.717) is 16.7 Å². The van der Waals surface area contributed by atoms with E-state index in [0.717, 1.165) is 18.4 Å². The first-order valence-corrected chi connectivity index (χ1v) is 7.16. The number of nitrogens with one attached hydrogen (secondary N) is 1. The van der Waals surface area contributed by atoms with Crippen LogP contribution >= 0.6 is 0 Å². The van der Waals surface area contributed by atoms with Gasteiger partial charge in [-0.2, -0.15) is 0 Å². The van der Waals surface area contributed by atoms with Gasteiger partial charge in [0.15, 0.2) is 0 Å². The van der Waals surface area contributed by atoms with Gasteiger partial charge < -0.3 is 10.4 Å². The second kappa shape index (κ2) is 4.94. The van der Waals surface area contributed by atoms with E-state index in [1.807, 2.05) is 6.07 Å². The van der Waals surface area contributed by atoms with E-state index in [9.17, 15) is 9.50 Å². The highest BCUT2D eigenvalue weighted by Gasteiger charge is 2.22. The topological polar surface area (TPSA) is 58.0 Å². The average molecular weight is 295 g/mol. The molecule has 5 heteroatoms. The third kappa shape index (κ3) is 2.24. The van der Waals surface area contributed by atoms with Gasteiger partial charge in [0, 0.05) is 11.4 Å². The smallest absolute Gasteiger partial charge is 0.137 e. The molecule has 0 bridgehead atoms. The van der Waals surface area contributed by atoms with Gasteiger partial charge in [-0.1, -0.05) is 6.07 Å². The Morgan fingerprint density at radius 2 is 1.91 bits per heavy atom. The zero-order valence-corrected chi connectivity index (χ0v) is 11.8. The van der Waals surface area contributed by atoms with Gasteiger partial charge in [0.25, 0.3) is 0 Å². The minimum Gasteiger partial charge on any atom is -0.508 e. The third-order valence-corrected chi connectivity index (χ3v) is 4.06. The molecule has 4 nitrogen and oxygen atoms in total. The quantitative estimate of drug-likeness (QED) is 0.763. The van der Waals surface area contributed by atoms with Gasteiger partial charge >= 0.3 is 0 Å². The minimum absolute atomic E-state index is 0.179. The van der Waals surface area contributed by atoms with Crippen LogP contribution in [-0.2, 0) is 12.8 Å². The number of phenolic OH excluding ortho intramolecular Hbond substituents is 1. The second-order valence-corrected chi connectivity index (χ2v) is 5.59. The van der Waals surface area contributed by atoms with Gasteiger partial charge in [0.1, 0.15) is 23.7 Å². The number of halogens is 1. The highest BCUT2D eigenvalue weighted by atomic mass is 19.1. The summed E-state index contributed by atoms with van der Waals surface area (Å²) >= 11 is 0. The van der Waals surface area contributed by atoms with Crippen molar-refractivity contribution in [2.45, 2.75) is 18.9 Å². The Morgan fingerprint density at radius 1 is 1.05 bits per heavy atom. The molecule has 3 aromatic rings. The summed E-state index contributed by atoms with van der Waals surface area (Å²) in [4.78, 5) is 8.41. The summed E-state index contributed by atoms with van der Waals surface area (Å²) in [5, 5.41) is 13.6. The number of anilines is 1. The van der Waals surface area contributed by atoms with Crippen molar-refractivity contribution in [3.8, 4) is 5.75 Å². The lowest BCUT2D eigenvalue weighted by atomic mass is 10.1. The average Bonchev–Trinajstić information content (AvgIpc) is 2.89. The van der Waals surface area contributed by atoms with Gasteiger partial charge in [-0.3, -0.25) is 0 Å². The van der Waals surface area contributed by atoms with Crippen molar-refractivity contribution < 1.29 is 9.50 Å². The van der Waals surface area contributed by atoms with Crippen LogP contribution in [0.25, 0.3) is 10.9 Å². The first-order valence-electron chi connectivity index (χ1n) is 7.16. The molecule has 0 radical (unpaired) electrons. The Bertz CT molecular complexity index is 866. The molecule has 1 heterocycles. The number of nitrogens with zero attached hydrogens (tertiary/aromatic N) is 2. The standard InChI is InChI=1S/C17H14FN3O/c18-12-2-4-16-15(8-12)17(20-9-19-16)21-13-5-10-1-3-14(22)7-11(10)6-13/h1-4,7-9,13,22H,5-6H2,(H,19,20,21). The fraction of sp³-hybridized carbons (Fsp3) is 0.176. The van der Waals surface area contributed by atoms with Crippen LogP contribution in [0.4, 0.5) is 10.2 Å². The second-order valence-electron chi connectivity index (χ2n) is 5.59. The zero-order chi connectivity index (χ0) is 15.1. The van der Waals surface area contributed by atoms with Crippen LogP contribution in [0.5, 0.6) is 5.75 Å². The first kappa shape index (κ1) is 13.0. The number of hydrogen-bond donors (Lipinski definition) is 2. The maximum atomic E-state index is 13.5. The van der Waals surface area contributed by atoms with Gasteiger partial charge in [-0.05, 0) is 54.3 Å². The van der Waals surface area contributed by atoms with Crippen LogP contribution in [0.15, 0.2) is 42.7 Å². The number of benzene rings is 2. The first-order chi connectivity index (χ1) is 10.7. The molecule has 1 aliphatic carbocycles. The lowest BCUT2D eigenvalue weighted by Gasteiger charge is -2.14. The van der Waals surface area contributed by atoms with Crippen LogP contribution < -0.4 is 5.32 Å². The van der Waals surface area contributed by atoms with E-state index in [4.69, 9.17) is 0 Å². The van der Waals surface area contributed by atoms with Gasteiger partial charge in [-0.25, -0.2) is 14.4 Å². The number of rotatable bonds is 2. The Hall–Kier alpha value is -2.69. The highest BCUT2D eigenvalue weighted by molar-refractivity contribution is 5.88. The number of hydrogen-bond acceptors (Lipinski definition) is 4. The molecular formula is C17H14FN3O. The van der Waals surface area contributed by atoms with Crippen LogP contribution in [-0.4, -0.2) is 21.1 Å². The summed E-state index contributed by atoms with van der Waals surface area (Å²) < 4.78 is 13.5. The fourth-order valence-corrected chi connectivity index (χ4v) is 3.04. The Labute approximate surface area is 126 Å². The van der Waals surface area contributed by atoms with Gasteiger partial charge in [0.2, 0.25) is 0 Å². The highest BCUT2D eigenvalue weighted by Crippen LogP contribution is 2.29. The molecule has 1 unspecified atom stereocenters. The van der Waals surface area contributed by atoms with Crippen LogP contribution in [0.1, 0.15) is 11.1 Å². The van der Waals surface area contributed by atoms with E-state index in [2.05, 4.69) is 15.3 Å². The molecule has 110 valence electrons. The van der Waals surface area contributed by atoms with E-state index >= 15 is 0 Å². The molecule has 0 amide bonds. The summed E-state index contributed by atoms with van der Waals surface area (Å²) in [6.45, 7) is 0. The molecule has 1 atom stereocenters. The monoisotopic (exact) mass is 295 g/mol. The molecule has 0 fully saturated rings. The van der Waals surface area contributed by atoms with Crippen molar-refractivity contribution in [3.63, 3.8) is 0 Å². The predicted octanol–water partition coefficient (Wildman–Crippen LogP) is 3.05. The fourth-order valence-electron chi connectivity index (χ4n) is 3.04. The SMILES string of the molecule is Oc1ccc2c(c1)CC(Nc1ncnc3ccc(F)cc13)C2. The zero-order valence-electron chi connectivity index (χ0n) is 11.8. The predicted molar refractivity (Wildman–Crippen MR) is 82.4 cm³/mol. The summed E-state index contributed by atoms with van der Waals surface area (Å²) in [6.07, 6.45) is 3.15. The number of aromatic nitrogens is 2. The van der Waals surface area contributed by atoms with Crippen LogP contribution in [0.2, 0.25) is 0 Å². The molecule has 2 N–H and O–H groups in total. The molecule has 4 rings (SSSR count). The van der Waals surface area contributed by atoms with Crippen molar-refractivity contribution >= 4 is 16.7 Å². The summed E-state index contributed by atoms with van der Waals surface area (Å²) in [7, 11) is 0. The van der Waals surface area contributed by atoms with E-state index in [1.165, 1.54) is 24.0 Å². The van der Waals surface area contributed by atoms with E-state index in [-0.39, 0.29) is 17.6 Å². The van der Waals surface area contributed by atoms with Gasteiger partial charge in [-0.15, -0.1) is 0 Å². The Morgan fingerprint density at radius 3 is 2.82 bits per heavy atom.